The van der Waals surface area contributed by atoms with E-state index >= 15 is 0 Å². The highest BCUT2D eigenvalue weighted by atomic mass is 16.5. The van der Waals surface area contributed by atoms with E-state index in [1.165, 1.54) is 34.9 Å². The summed E-state index contributed by atoms with van der Waals surface area (Å²) < 4.78 is 12.4. The van der Waals surface area contributed by atoms with Crippen molar-refractivity contribution < 1.29 is 9.47 Å². The van der Waals surface area contributed by atoms with E-state index in [-0.39, 0.29) is 6.71 Å². The van der Waals surface area contributed by atoms with Crippen molar-refractivity contribution in [1.82, 2.24) is 0 Å². The van der Waals surface area contributed by atoms with Crippen LogP contribution in [-0.2, 0) is 12.8 Å². The normalized spacial score (nSPS) is 15.2. The van der Waals surface area contributed by atoms with Crippen LogP contribution in [0.15, 0.2) is 54.6 Å². The second-order valence-corrected chi connectivity index (χ2v) is 6.50. The molecule has 2 heterocycles. The van der Waals surface area contributed by atoms with Crippen LogP contribution >= 0.6 is 0 Å². The van der Waals surface area contributed by atoms with E-state index in [1.807, 2.05) is 24.3 Å². The lowest BCUT2D eigenvalue weighted by molar-refractivity contribution is 0.463. The van der Waals surface area contributed by atoms with Crippen LogP contribution in [0.25, 0.3) is 0 Å². The van der Waals surface area contributed by atoms with Gasteiger partial charge in [0.15, 0.2) is 0 Å². The number of ether oxygens (including phenoxy) is 2. The van der Waals surface area contributed by atoms with Crippen LogP contribution < -0.4 is 25.9 Å². The van der Waals surface area contributed by atoms with Crippen LogP contribution in [0.2, 0.25) is 0 Å². The molecule has 6 rings (SSSR count). The summed E-state index contributed by atoms with van der Waals surface area (Å²) in [5.74, 6) is 3.81. The third-order valence-electron chi connectivity index (χ3n) is 5.29. The van der Waals surface area contributed by atoms with E-state index in [2.05, 4.69) is 30.3 Å². The second-order valence-electron chi connectivity index (χ2n) is 6.50. The topological polar surface area (TPSA) is 18.5 Å². The molecule has 3 aromatic carbocycles. The van der Waals surface area contributed by atoms with Gasteiger partial charge in [-0.25, -0.2) is 0 Å². The fraction of sp³-hybridized carbons (Fsp3) is 0.100. The Morgan fingerprint density at radius 2 is 1.35 bits per heavy atom. The predicted molar refractivity (Wildman–Crippen MR) is 91.5 cm³/mol. The van der Waals surface area contributed by atoms with E-state index in [0.29, 0.717) is 0 Å². The van der Waals surface area contributed by atoms with Crippen LogP contribution in [0, 0.1) is 0 Å². The summed E-state index contributed by atoms with van der Waals surface area (Å²) in [6, 6.07) is 19.0. The minimum Gasteiger partial charge on any atom is -0.458 e. The summed E-state index contributed by atoms with van der Waals surface area (Å²) in [6.45, 7) is 0.209. The molecule has 0 bridgehead atoms. The lowest BCUT2D eigenvalue weighted by Crippen LogP contribution is -2.57. The summed E-state index contributed by atoms with van der Waals surface area (Å²) in [6.07, 6.45) is 2.35. The van der Waals surface area contributed by atoms with Gasteiger partial charge in [0, 0.05) is 5.46 Å². The number of hydrogen-bond acceptors (Lipinski definition) is 2. The zero-order valence-corrected chi connectivity index (χ0v) is 12.5. The molecular weight excluding hydrogens is 283 g/mol. The van der Waals surface area contributed by atoms with Gasteiger partial charge >= 0.3 is 0 Å². The average Bonchev–Trinajstić information content (AvgIpc) is 2.57. The minimum atomic E-state index is 0.209. The molecule has 0 unspecified atom stereocenters. The summed E-state index contributed by atoms with van der Waals surface area (Å²) >= 11 is 0. The first-order chi connectivity index (χ1) is 11.4. The van der Waals surface area contributed by atoms with Gasteiger partial charge in [-0.1, -0.05) is 30.3 Å². The maximum absolute atomic E-state index is 6.23. The van der Waals surface area contributed by atoms with E-state index < -0.39 is 0 Å². The van der Waals surface area contributed by atoms with Gasteiger partial charge in [-0.15, -0.1) is 0 Å². The molecule has 23 heavy (non-hydrogen) atoms. The Bertz CT molecular complexity index is 993. The molecule has 3 heteroatoms. The van der Waals surface area contributed by atoms with Crippen molar-refractivity contribution in [2.75, 3.05) is 0 Å². The van der Waals surface area contributed by atoms with E-state index in [4.69, 9.17) is 9.47 Å². The quantitative estimate of drug-likeness (QED) is 0.409. The highest BCUT2D eigenvalue weighted by Gasteiger charge is 2.40. The molecule has 0 aromatic heterocycles. The van der Waals surface area contributed by atoms with Crippen LogP contribution in [0.3, 0.4) is 0 Å². The fourth-order valence-electron chi connectivity index (χ4n) is 4.07. The van der Waals surface area contributed by atoms with Crippen LogP contribution in [-0.4, -0.2) is 6.71 Å². The molecular formula is C20H13BO2. The van der Waals surface area contributed by atoms with Gasteiger partial charge < -0.3 is 9.47 Å². The first-order valence-electron chi connectivity index (χ1n) is 8.12. The van der Waals surface area contributed by atoms with Crippen molar-refractivity contribution in [2.45, 2.75) is 12.8 Å². The lowest BCUT2D eigenvalue weighted by atomic mass is 9.34. The van der Waals surface area contributed by atoms with Crippen LogP contribution in [0.4, 0.5) is 0 Å². The highest BCUT2D eigenvalue weighted by molar-refractivity contribution is 6.98. The second kappa shape index (κ2) is 3.99. The molecule has 0 amide bonds. The van der Waals surface area contributed by atoms with E-state index in [0.717, 1.165) is 28.5 Å². The third kappa shape index (κ3) is 1.45. The summed E-state index contributed by atoms with van der Waals surface area (Å²) in [4.78, 5) is 0. The molecule has 3 aliphatic rings. The number of rotatable bonds is 0. The van der Waals surface area contributed by atoms with Crippen LogP contribution in [0.5, 0.6) is 23.0 Å². The molecule has 2 aliphatic heterocycles. The smallest absolute Gasteiger partial charge is 0.260 e. The SMILES string of the molecule is c1ccc2c(c1)Oc1cccc3c1B2c1cc2c(cc1O3)CC2. The molecule has 3 aromatic rings. The van der Waals surface area contributed by atoms with Gasteiger partial charge in [0.25, 0.3) is 6.71 Å². The Morgan fingerprint density at radius 3 is 2.17 bits per heavy atom. The number of benzene rings is 3. The van der Waals surface area contributed by atoms with Crippen molar-refractivity contribution >= 4 is 23.1 Å². The van der Waals surface area contributed by atoms with Crippen molar-refractivity contribution in [3.05, 3.63) is 65.7 Å². The number of para-hydroxylation sites is 1. The van der Waals surface area contributed by atoms with Gasteiger partial charge in [-0.05, 0) is 59.2 Å². The Kier molecular flexibility index (Phi) is 2.05. The largest absolute Gasteiger partial charge is 0.458 e. The van der Waals surface area contributed by atoms with E-state index in [9.17, 15) is 0 Å². The monoisotopic (exact) mass is 296 g/mol. The van der Waals surface area contributed by atoms with Crippen molar-refractivity contribution in [3.63, 3.8) is 0 Å². The average molecular weight is 296 g/mol. The summed E-state index contributed by atoms with van der Waals surface area (Å²) in [5.41, 5.74) is 6.58. The van der Waals surface area contributed by atoms with Crippen molar-refractivity contribution in [2.24, 2.45) is 0 Å². The molecule has 2 nitrogen and oxygen atoms in total. The number of fused-ring (bicyclic) bond motifs is 5. The molecule has 0 spiro atoms. The lowest BCUT2D eigenvalue weighted by Gasteiger charge is -2.34. The molecule has 0 fully saturated rings. The van der Waals surface area contributed by atoms with Crippen molar-refractivity contribution in [1.29, 1.82) is 0 Å². The van der Waals surface area contributed by atoms with Crippen molar-refractivity contribution in [3.8, 4) is 23.0 Å². The zero-order valence-electron chi connectivity index (χ0n) is 12.5. The zero-order chi connectivity index (χ0) is 15.0. The minimum absolute atomic E-state index is 0.209. The maximum atomic E-state index is 6.23. The Morgan fingerprint density at radius 1 is 0.652 bits per heavy atom. The van der Waals surface area contributed by atoms with Gasteiger partial charge in [0.2, 0.25) is 0 Å². The Balaban J connectivity index is 1.70. The predicted octanol–water partition coefficient (Wildman–Crippen LogP) is 2.51. The maximum Gasteiger partial charge on any atom is 0.260 e. The molecule has 108 valence electrons. The fourth-order valence-corrected chi connectivity index (χ4v) is 4.07. The first kappa shape index (κ1) is 11.8. The van der Waals surface area contributed by atoms with Gasteiger partial charge in [-0.2, -0.15) is 0 Å². The van der Waals surface area contributed by atoms with Gasteiger partial charge in [0.1, 0.15) is 23.0 Å². The highest BCUT2D eigenvalue weighted by Crippen LogP contribution is 2.36. The van der Waals surface area contributed by atoms with Gasteiger partial charge in [0.05, 0.1) is 0 Å². The molecule has 1 aliphatic carbocycles. The summed E-state index contributed by atoms with van der Waals surface area (Å²) in [7, 11) is 0. The molecule has 0 saturated heterocycles. The third-order valence-corrected chi connectivity index (χ3v) is 5.29. The number of aryl methyl sites for hydroxylation is 2. The van der Waals surface area contributed by atoms with Gasteiger partial charge in [-0.3, -0.25) is 0 Å². The molecule has 0 saturated carbocycles. The standard InChI is InChI=1S/C20H13BO2/c1-2-5-16-14(4-1)21-15-10-12-8-9-13(12)11-19(15)23-18-7-3-6-17(22-16)20(18)21/h1-7,10-11H,8-9H2. The number of hydrogen-bond donors (Lipinski definition) is 0. The van der Waals surface area contributed by atoms with E-state index in [1.54, 1.807) is 0 Å². The summed E-state index contributed by atoms with van der Waals surface area (Å²) in [5, 5.41) is 0. The first-order valence-corrected chi connectivity index (χ1v) is 8.12. The Labute approximate surface area is 134 Å². The Hall–Kier alpha value is -2.68. The van der Waals surface area contributed by atoms with Crippen LogP contribution in [0.1, 0.15) is 11.1 Å². The molecule has 0 radical (unpaired) electrons. The molecule has 0 N–H and O–H groups in total. The molecule has 0 atom stereocenters.